The summed E-state index contributed by atoms with van der Waals surface area (Å²) in [7, 11) is 0. The minimum Gasteiger partial charge on any atom is -0.375 e. The fourth-order valence-corrected chi connectivity index (χ4v) is 2.91. The van der Waals surface area contributed by atoms with Crippen LogP contribution in [0.2, 0.25) is 0 Å². The maximum atomic E-state index is 12.3. The van der Waals surface area contributed by atoms with E-state index in [-0.39, 0.29) is 5.91 Å². The number of carbonyl (C=O) groups excluding carboxylic acids is 1. The topological polar surface area (TPSA) is 75.3 Å². The number of nitrogen functional groups attached to an aromatic ring is 1. The molecule has 7 heteroatoms. The zero-order valence-corrected chi connectivity index (χ0v) is 12.4. The monoisotopic (exact) mass is 303 g/mol. The number of hydrogen-bond acceptors (Lipinski definition) is 6. The van der Waals surface area contributed by atoms with Gasteiger partial charge in [0.2, 0.25) is 0 Å². The average Bonchev–Trinajstić information content (AvgIpc) is 2.95. The minimum absolute atomic E-state index is 0.0274. The van der Waals surface area contributed by atoms with Crippen LogP contribution in [0.4, 0.5) is 5.13 Å². The highest BCUT2D eigenvalue weighted by Crippen LogP contribution is 2.15. The van der Waals surface area contributed by atoms with E-state index in [0.29, 0.717) is 23.9 Å². The lowest BCUT2D eigenvalue weighted by Gasteiger charge is -2.34. The normalized spacial score (nSPS) is 16.1. The van der Waals surface area contributed by atoms with Crippen LogP contribution >= 0.6 is 11.3 Å². The summed E-state index contributed by atoms with van der Waals surface area (Å²) in [5.41, 5.74) is 7.09. The zero-order valence-electron chi connectivity index (χ0n) is 11.6. The molecule has 0 aliphatic carbocycles. The zero-order chi connectivity index (χ0) is 14.7. The van der Waals surface area contributed by atoms with Gasteiger partial charge in [0.25, 0.3) is 5.91 Å². The Hall–Kier alpha value is -1.99. The summed E-state index contributed by atoms with van der Waals surface area (Å²) in [5.74, 6) is -0.0274. The molecule has 0 unspecified atom stereocenters. The van der Waals surface area contributed by atoms with Crippen molar-refractivity contribution >= 4 is 22.4 Å². The van der Waals surface area contributed by atoms with Crippen molar-refractivity contribution in [3.8, 4) is 0 Å². The van der Waals surface area contributed by atoms with Gasteiger partial charge in [-0.15, -0.1) is 11.3 Å². The number of pyridine rings is 1. The van der Waals surface area contributed by atoms with Crippen molar-refractivity contribution < 1.29 is 4.79 Å². The molecule has 2 aromatic rings. The van der Waals surface area contributed by atoms with E-state index in [1.807, 2.05) is 29.3 Å². The maximum absolute atomic E-state index is 12.3. The molecule has 0 radical (unpaired) electrons. The van der Waals surface area contributed by atoms with Gasteiger partial charge in [-0.3, -0.25) is 14.7 Å². The number of thiazole rings is 1. The second kappa shape index (κ2) is 6.19. The number of carbonyl (C=O) groups is 1. The molecule has 110 valence electrons. The van der Waals surface area contributed by atoms with Crippen molar-refractivity contribution in [1.82, 2.24) is 19.8 Å². The van der Waals surface area contributed by atoms with Crippen molar-refractivity contribution in [3.63, 3.8) is 0 Å². The molecule has 3 rings (SSSR count). The number of aromatic nitrogens is 2. The summed E-state index contributed by atoms with van der Waals surface area (Å²) in [5, 5.41) is 2.16. The lowest BCUT2D eigenvalue weighted by Crippen LogP contribution is -2.48. The molecule has 1 saturated heterocycles. The van der Waals surface area contributed by atoms with Crippen molar-refractivity contribution in [1.29, 1.82) is 0 Å². The Bertz CT molecular complexity index is 607. The quantitative estimate of drug-likeness (QED) is 0.918. The summed E-state index contributed by atoms with van der Waals surface area (Å²) in [6, 6.07) is 5.93. The number of amides is 1. The van der Waals surface area contributed by atoms with Gasteiger partial charge < -0.3 is 10.6 Å². The van der Waals surface area contributed by atoms with Crippen molar-refractivity contribution in [2.24, 2.45) is 0 Å². The molecule has 1 amide bonds. The number of nitrogens with zero attached hydrogens (tertiary/aromatic N) is 4. The van der Waals surface area contributed by atoms with E-state index in [1.165, 1.54) is 11.3 Å². The largest absolute Gasteiger partial charge is 0.375 e. The number of rotatable bonds is 3. The fourth-order valence-electron chi connectivity index (χ4n) is 2.38. The first-order valence-electron chi connectivity index (χ1n) is 6.85. The minimum atomic E-state index is -0.0274. The van der Waals surface area contributed by atoms with Gasteiger partial charge in [-0.2, -0.15) is 0 Å². The second-order valence-corrected chi connectivity index (χ2v) is 5.85. The molecule has 21 heavy (non-hydrogen) atoms. The summed E-state index contributed by atoms with van der Waals surface area (Å²) >= 11 is 1.30. The standard InChI is InChI=1S/C14H17N5OS/c15-14-17-12(10-21-14)13(20)19-7-5-18(6-8-19)9-11-3-1-2-4-16-11/h1-4,10H,5-9H2,(H2,15,17). The summed E-state index contributed by atoms with van der Waals surface area (Å²) in [4.78, 5) is 24.8. The predicted molar refractivity (Wildman–Crippen MR) is 81.9 cm³/mol. The third-order valence-electron chi connectivity index (χ3n) is 3.51. The van der Waals surface area contributed by atoms with Crippen molar-refractivity contribution in [2.75, 3.05) is 31.9 Å². The van der Waals surface area contributed by atoms with Gasteiger partial charge in [-0.25, -0.2) is 4.98 Å². The Morgan fingerprint density at radius 3 is 2.71 bits per heavy atom. The summed E-state index contributed by atoms with van der Waals surface area (Å²) in [6.07, 6.45) is 1.81. The first-order valence-corrected chi connectivity index (χ1v) is 7.73. The van der Waals surface area contributed by atoms with E-state index in [2.05, 4.69) is 14.9 Å². The molecule has 1 aliphatic heterocycles. The molecule has 0 aromatic carbocycles. The molecule has 2 N–H and O–H groups in total. The SMILES string of the molecule is Nc1nc(C(=O)N2CCN(Cc3ccccn3)CC2)cs1. The lowest BCUT2D eigenvalue weighted by molar-refractivity contribution is 0.0622. The van der Waals surface area contributed by atoms with Crippen LogP contribution in [-0.2, 0) is 6.54 Å². The molecule has 1 fully saturated rings. The van der Waals surface area contributed by atoms with Gasteiger partial charge in [-0.05, 0) is 12.1 Å². The fraction of sp³-hybridized carbons (Fsp3) is 0.357. The second-order valence-electron chi connectivity index (χ2n) is 4.96. The van der Waals surface area contributed by atoms with Crippen LogP contribution in [0.1, 0.15) is 16.2 Å². The first kappa shape index (κ1) is 14.0. The molecular formula is C14H17N5OS. The Kier molecular flexibility index (Phi) is 4.12. The highest BCUT2D eigenvalue weighted by atomic mass is 32.1. The number of piperazine rings is 1. The molecule has 0 spiro atoms. The smallest absolute Gasteiger partial charge is 0.273 e. The van der Waals surface area contributed by atoms with Crippen LogP contribution in [0.5, 0.6) is 0 Å². The van der Waals surface area contributed by atoms with Crippen LogP contribution in [0.25, 0.3) is 0 Å². The van der Waals surface area contributed by atoms with Gasteiger partial charge >= 0.3 is 0 Å². The molecule has 0 atom stereocenters. The highest BCUT2D eigenvalue weighted by Gasteiger charge is 2.23. The van der Waals surface area contributed by atoms with E-state index in [0.717, 1.165) is 25.3 Å². The Morgan fingerprint density at radius 1 is 1.29 bits per heavy atom. The van der Waals surface area contributed by atoms with E-state index < -0.39 is 0 Å². The molecule has 0 saturated carbocycles. The number of anilines is 1. The first-order chi connectivity index (χ1) is 10.2. The number of nitrogens with two attached hydrogens (primary N) is 1. The van der Waals surface area contributed by atoms with Crippen LogP contribution in [0, 0.1) is 0 Å². The Morgan fingerprint density at radius 2 is 2.10 bits per heavy atom. The van der Waals surface area contributed by atoms with E-state index >= 15 is 0 Å². The van der Waals surface area contributed by atoms with Gasteiger partial charge in [0.15, 0.2) is 5.13 Å². The number of hydrogen-bond donors (Lipinski definition) is 1. The van der Waals surface area contributed by atoms with Gasteiger partial charge in [0.05, 0.1) is 5.69 Å². The molecule has 6 nitrogen and oxygen atoms in total. The summed E-state index contributed by atoms with van der Waals surface area (Å²) < 4.78 is 0. The van der Waals surface area contributed by atoms with Crippen molar-refractivity contribution in [3.05, 3.63) is 41.2 Å². The molecule has 0 bridgehead atoms. The van der Waals surface area contributed by atoms with Gasteiger partial charge in [0.1, 0.15) is 5.69 Å². The Labute approximate surface area is 127 Å². The molecule has 3 heterocycles. The molecule has 1 aliphatic rings. The van der Waals surface area contributed by atoms with Crippen LogP contribution in [0.3, 0.4) is 0 Å². The van der Waals surface area contributed by atoms with E-state index in [9.17, 15) is 4.79 Å². The van der Waals surface area contributed by atoms with Crippen LogP contribution < -0.4 is 5.73 Å². The maximum Gasteiger partial charge on any atom is 0.273 e. The molecular weight excluding hydrogens is 286 g/mol. The average molecular weight is 303 g/mol. The highest BCUT2D eigenvalue weighted by molar-refractivity contribution is 7.13. The van der Waals surface area contributed by atoms with Gasteiger partial charge in [0, 0.05) is 44.3 Å². The summed E-state index contributed by atoms with van der Waals surface area (Å²) in [6.45, 7) is 3.95. The third-order valence-corrected chi connectivity index (χ3v) is 4.19. The molecule has 2 aromatic heterocycles. The third kappa shape index (κ3) is 3.37. The van der Waals surface area contributed by atoms with E-state index in [1.54, 1.807) is 5.38 Å². The van der Waals surface area contributed by atoms with E-state index in [4.69, 9.17) is 5.73 Å². The Balaban J connectivity index is 1.54. The van der Waals surface area contributed by atoms with Crippen LogP contribution in [0.15, 0.2) is 29.8 Å². The predicted octanol–water partition coefficient (Wildman–Crippen LogP) is 1.08. The lowest BCUT2D eigenvalue weighted by atomic mass is 10.2. The van der Waals surface area contributed by atoms with Crippen LogP contribution in [-0.4, -0.2) is 51.9 Å². The van der Waals surface area contributed by atoms with Crippen molar-refractivity contribution in [2.45, 2.75) is 6.54 Å². The van der Waals surface area contributed by atoms with Gasteiger partial charge in [-0.1, -0.05) is 6.07 Å².